The minimum absolute atomic E-state index is 0. The molecule has 0 aliphatic heterocycles. The van der Waals surface area contributed by atoms with Crippen LogP contribution < -0.4 is 22.7 Å². The van der Waals surface area contributed by atoms with Crippen molar-refractivity contribution in [2.75, 3.05) is 0 Å². The zero-order valence-corrected chi connectivity index (χ0v) is 10.8. The normalized spacial score (nSPS) is 9.41. The van der Waals surface area contributed by atoms with Crippen LogP contribution in [0.1, 0.15) is 11.1 Å². The Morgan fingerprint density at radius 3 is 2.18 bits per heavy atom. The minimum Gasteiger partial charge on any atom is -1.00 e. The first-order chi connectivity index (χ1) is 7.75. The Bertz CT molecular complexity index is 483. The Morgan fingerprint density at radius 1 is 1.06 bits per heavy atom. The molecule has 2 N–H and O–H groups in total. The van der Waals surface area contributed by atoms with Gasteiger partial charge in [-0.1, -0.05) is 42.5 Å². The van der Waals surface area contributed by atoms with E-state index in [2.05, 4.69) is 16.7 Å². The first-order valence-corrected chi connectivity index (χ1v) is 5.49. The van der Waals surface area contributed by atoms with Crippen LogP contribution in [-0.2, 0) is 6.54 Å². The highest BCUT2D eigenvalue weighted by molar-refractivity contribution is 7.80. The molecule has 0 atom stereocenters. The maximum atomic E-state index is 5.54. The fraction of sp³-hybridized carbons (Fsp3) is 0.0769. The molecule has 1 aromatic heterocycles. The van der Waals surface area contributed by atoms with E-state index in [1.807, 2.05) is 42.7 Å². The molecular formula is C13H13ClN2S. The van der Waals surface area contributed by atoms with Gasteiger partial charge >= 0.3 is 0 Å². The number of benzene rings is 1. The van der Waals surface area contributed by atoms with Gasteiger partial charge in [0.2, 0.25) is 0 Å². The number of rotatable bonds is 3. The summed E-state index contributed by atoms with van der Waals surface area (Å²) in [6.45, 7) is 0.860. The molecule has 1 heterocycles. The summed E-state index contributed by atoms with van der Waals surface area (Å²) >= 11 is 4.91. The van der Waals surface area contributed by atoms with E-state index < -0.39 is 0 Å². The minimum atomic E-state index is 0. The number of hydrogen-bond acceptors (Lipinski definition) is 1. The summed E-state index contributed by atoms with van der Waals surface area (Å²) in [7, 11) is 0. The Balaban J connectivity index is 0.00000144. The van der Waals surface area contributed by atoms with Crippen molar-refractivity contribution in [3.63, 3.8) is 0 Å². The number of nitrogens with two attached hydrogens (primary N) is 1. The maximum absolute atomic E-state index is 5.54. The SMILES string of the molecule is NC(=S)c1ccc(C[n+]2ccccc2)cc1.[Cl-]. The topological polar surface area (TPSA) is 29.9 Å². The second kappa shape index (κ2) is 6.33. The quantitative estimate of drug-likeness (QED) is 0.550. The van der Waals surface area contributed by atoms with E-state index in [1.54, 1.807) is 0 Å². The van der Waals surface area contributed by atoms with Crippen molar-refractivity contribution < 1.29 is 17.0 Å². The number of aromatic nitrogens is 1. The summed E-state index contributed by atoms with van der Waals surface area (Å²) in [6.07, 6.45) is 4.09. The van der Waals surface area contributed by atoms with Gasteiger partial charge in [-0.15, -0.1) is 0 Å². The third-order valence-corrected chi connectivity index (χ3v) is 2.62. The average Bonchev–Trinajstić information content (AvgIpc) is 2.31. The van der Waals surface area contributed by atoms with Crippen LogP contribution in [0.5, 0.6) is 0 Å². The summed E-state index contributed by atoms with van der Waals surface area (Å²) in [6, 6.07) is 14.1. The van der Waals surface area contributed by atoms with E-state index in [0.29, 0.717) is 4.99 Å². The lowest BCUT2D eigenvalue weighted by atomic mass is 10.1. The molecule has 4 heteroatoms. The van der Waals surface area contributed by atoms with Crippen molar-refractivity contribution in [1.82, 2.24) is 0 Å². The standard InChI is InChI=1S/C13H12N2S.ClH/c14-13(16)12-6-4-11(5-7-12)10-15-8-2-1-3-9-15;/h1-9H,10H2,(H-,14,16);1H. The van der Waals surface area contributed by atoms with Gasteiger partial charge in [0.15, 0.2) is 18.9 Å². The summed E-state index contributed by atoms with van der Waals surface area (Å²) in [5.41, 5.74) is 7.69. The second-order valence-corrected chi connectivity index (χ2v) is 4.05. The Hall–Kier alpha value is -1.45. The van der Waals surface area contributed by atoms with Crippen molar-refractivity contribution >= 4 is 17.2 Å². The molecule has 0 amide bonds. The monoisotopic (exact) mass is 264 g/mol. The predicted molar refractivity (Wildman–Crippen MR) is 68.1 cm³/mol. The lowest BCUT2D eigenvalue weighted by molar-refractivity contribution is -0.688. The van der Waals surface area contributed by atoms with Gasteiger partial charge in [0, 0.05) is 23.3 Å². The molecule has 2 rings (SSSR count). The van der Waals surface area contributed by atoms with Gasteiger partial charge in [0.1, 0.15) is 4.99 Å². The molecule has 2 nitrogen and oxygen atoms in total. The van der Waals surface area contributed by atoms with E-state index in [1.165, 1.54) is 5.56 Å². The lowest BCUT2D eigenvalue weighted by Crippen LogP contribution is -3.00. The number of nitrogens with zero attached hydrogens (tertiary/aromatic N) is 1. The van der Waals surface area contributed by atoms with Crippen LogP contribution in [-0.4, -0.2) is 4.99 Å². The zero-order valence-electron chi connectivity index (χ0n) is 9.21. The summed E-state index contributed by atoms with van der Waals surface area (Å²) in [5, 5.41) is 0. The third kappa shape index (κ3) is 3.80. The Labute approximate surface area is 112 Å². The predicted octanol–water partition coefficient (Wildman–Crippen LogP) is -1.34. The van der Waals surface area contributed by atoms with Crippen molar-refractivity contribution in [3.05, 3.63) is 66.0 Å². The Kier molecular flexibility index (Phi) is 5.07. The van der Waals surface area contributed by atoms with Gasteiger partial charge < -0.3 is 18.1 Å². The lowest BCUT2D eigenvalue weighted by Gasteiger charge is -2.00. The van der Waals surface area contributed by atoms with Crippen molar-refractivity contribution in [3.8, 4) is 0 Å². The molecule has 0 saturated carbocycles. The van der Waals surface area contributed by atoms with Gasteiger partial charge in [0.25, 0.3) is 0 Å². The molecule has 0 bridgehead atoms. The summed E-state index contributed by atoms with van der Waals surface area (Å²) in [5.74, 6) is 0. The summed E-state index contributed by atoms with van der Waals surface area (Å²) in [4.78, 5) is 0.443. The van der Waals surface area contributed by atoms with Crippen molar-refractivity contribution in [1.29, 1.82) is 0 Å². The van der Waals surface area contributed by atoms with Crippen LogP contribution in [0.3, 0.4) is 0 Å². The highest BCUT2D eigenvalue weighted by atomic mass is 35.5. The Morgan fingerprint density at radius 2 is 1.65 bits per heavy atom. The summed E-state index contributed by atoms with van der Waals surface area (Å²) < 4.78 is 2.12. The van der Waals surface area contributed by atoms with E-state index in [0.717, 1.165) is 12.1 Å². The molecule has 0 fully saturated rings. The number of halogens is 1. The molecule has 0 aliphatic rings. The zero-order chi connectivity index (χ0) is 11.4. The van der Waals surface area contributed by atoms with Gasteiger partial charge in [-0.25, -0.2) is 4.57 Å². The first kappa shape index (κ1) is 13.6. The molecule has 88 valence electrons. The van der Waals surface area contributed by atoms with E-state index >= 15 is 0 Å². The fourth-order valence-corrected chi connectivity index (χ4v) is 1.66. The fourth-order valence-electron chi connectivity index (χ4n) is 1.52. The molecule has 0 saturated heterocycles. The highest BCUT2D eigenvalue weighted by Crippen LogP contribution is 2.03. The van der Waals surface area contributed by atoms with E-state index in [9.17, 15) is 0 Å². The largest absolute Gasteiger partial charge is 1.00 e. The van der Waals surface area contributed by atoms with Crippen molar-refractivity contribution in [2.24, 2.45) is 5.73 Å². The van der Waals surface area contributed by atoms with Crippen LogP contribution in [0.15, 0.2) is 54.9 Å². The first-order valence-electron chi connectivity index (χ1n) is 5.08. The van der Waals surface area contributed by atoms with Crippen LogP contribution in [0.4, 0.5) is 0 Å². The van der Waals surface area contributed by atoms with Crippen LogP contribution in [0.25, 0.3) is 0 Å². The molecule has 0 spiro atoms. The number of hydrogen-bond donors (Lipinski definition) is 1. The van der Waals surface area contributed by atoms with E-state index in [-0.39, 0.29) is 12.4 Å². The molecule has 1 aromatic carbocycles. The molecule has 0 aliphatic carbocycles. The maximum Gasteiger partial charge on any atom is 0.173 e. The van der Waals surface area contributed by atoms with Gasteiger partial charge in [-0.3, -0.25) is 0 Å². The number of thiocarbonyl (C=S) groups is 1. The highest BCUT2D eigenvalue weighted by Gasteiger charge is 2.01. The van der Waals surface area contributed by atoms with E-state index in [4.69, 9.17) is 18.0 Å². The van der Waals surface area contributed by atoms with Gasteiger partial charge in [-0.05, 0) is 0 Å². The number of pyridine rings is 1. The second-order valence-electron chi connectivity index (χ2n) is 3.61. The van der Waals surface area contributed by atoms with Gasteiger partial charge in [-0.2, -0.15) is 0 Å². The van der Waals surface area contributed by atoms with Crippen LogP contribution >= 0.6 is 12.2 Å². The molecule has 2 aromatic rings. The smallest absolute Gasteiger partial charge is 0.173 e. The molecule has 0 unspecified atom stereocenters. The van der Waals surface area contributed by atoms with Crippen molar-refractivity contribution in [2.45, 2.75) is 6.54 Å². The molecular weight excluding hydrogens is 252 g/mol. The molecule has 0 radical (unpaired) electrons. The molecule has 17 heavy (non-hydrogen) atoms. The third-order valence-electron chi connectivity index (χ3n) is 2.38. The van der Waals surface area contributed by atoms with Crippen LogP contribution in [0, 0.1) is 0 Å². The average molecular weight is 265 g/mol. The van der Waals surface area contributed by atoms with Crippen LogP contribution in [0.2, 0.25) is 0 Å². The van der Waals surface area contributed by atoms with Gasteiger partial charge in [0.05, 0.1) is 0 Å².